The Morgan fingerprint density at radius 1 is 1.41 bits per heavy atom. The molecule has 0 saturated heterocycles. The van der Waals surface area contributed by atoms with Crippen molar-refractivity contribution >= 4 is 21.6 Å². The van der Waals surface area contributed by atoms with Crippen molar-refractivity contribution < 1.29 is 4.74 Å². The fraction of sp³-hybridized carbons (Fsp3) is 0.538. The van der Waals surface area contributed by atoms with Crippen molar-refractivity contribution in [2.45, 2.75) is 25.4 Å². The number of rotatable bonds is 6. The summed E-state index contributed by atoms with van der Waals surface area (Å²) >= 11 is 3.49. The second-order valence-electron chi connectivity index (χ2n) is 4.59. The summed E-state index contributed by atoms with van der Waals surface area (Å²) in [6.45, 7) is 2.74. The number of ether oxygens (including phenoxy) is 1. The van der Waals surface area contributed by atoms with Crippen LogP contribution in [-0.2, 0) is 11.3 Å². The molecule has 0 aliphatic heterocycles. The van der Waals surface area contributed by atoms with Gasteiger partial charge in [0.1, 0.15) is 0 Å². The van der Waals surface area contributed by atoms with Crippen LogP contribution in [-0.4, -0.2) is 31.2 Å². The maximum Gasteiger partial charge on any atom is 0.0589 e. The summed E-state index contributed by atoms with van der Waals surface area (Å²) in [7, 11) is 1.75. The van der Waals surface area contributed by atoms with E-state index >= 15 is 0 Å². The van der Waals surface area contributed by atoms with Crippen molar-refractivity contribution in [2.75, 3.05) is 26.0 Å². The van der Waals surface area contributed by atoms with Crippen LogP contribution in [0.15, 0.2) is 22.7 Å². The van der Waals surface area contributed by atoms with Crippen LogP contribution in [0.3, 0.4) is 0 Å². The monoisotopic (exact) mass is 298 g/mol. The number of methoxy groups -OCH3 is 1. The molecule has 4 heteroatoms. The van der Waals surface area contributed by atoms with Crippen LogP contribution in [0.25, 0.3) is 0 Å². The summed E-state index contributed by atoms with van der Waals surface area (Å²) in [4.78, 5) is 2.48. The minimum Gasteiger partial charge on any atom is -0.399 e. The predicted molar refractivity (Wildman–Crippen MR) is 73.9 cm³/mol. The zero-order valence-corrected chi connectivity index (χ0v) is 11.7. The normalized spacial score (nSPS) is 15.5. The Morgan fingerprint density at radius 2 is 2.18 bits per heavy atom. The molecular formula is C13H19BrN2O. The van der Waals surface area contributed by atoms with Crippen molar-refractivity contribution in [2.24, 2.45) is 0 Å². The van der Waals surface area contributed by atoms with E-state index in [1.165, 1.54) is 18.4 Å². The van der Waals surface area contributed by atoms with Gasteiger partial charge in [0.05, 0.1) is 6.61 Å². The lowest BCUT2D eigenvalue weighted by Crippen LogP contribution is -2.29. The number of nitrogen functional groups attached to an aromatic ring is 1. The van der Waals surface area contributed by atoms with E-state index in [1.54, 1.807) is 7.11 Å². The van der Waals surface area contributed by atoms with Crippen molar-refractivity contribution in [3.8, 4) is 0 Å². The number of nitrogens with zero attached hydrogens (tertiary/aromatic N) is 1. The largest absolute Gasteiger partial charge is 0.399 e. The fourth-order valence-corrected chi connectivity index (χ4v) is 2.60. The summed E-state index contributed by atoms with van der Waals surface area (Å²) in [6.07, 6.45) is 2.63. The lowest BCUT2D eigenvalue weighted by molar-refractivity contribution is 0.139. The summed E-state index contributed by atoms with van der Waals surface area (Å²) < 4.78 is 6.21. The molecule has 1 aromatic rings. The molecule has 0 radical (unpaired) electrons. The number of nitrogens with two attached hydrogens (primary N) is 1. The molecule has 1 aliphatic carbocycles. The third-order valence-corrected chi connectivity index (χ3v) is 3.47. The Hall–Kier alpha value is -0.580. The van der Waals surface area contributed by atoms with E-state index in [0.29, 0.717) is 0 Å². The Balaban J connectivity index is 2.00. The smallest absolute Gasteiger partial charge is 0.0589 e. The van der Waals surface area contributed by atoms with E-state index in [1.807, 2.05) is 12.1 Å². The molecule has 2 N–H and O–H groups in total. The molecule has 0 unspecified atom stereocenters. The predicted octanol–water partition coefficient (Wildman–Crippen LogP) is 2.64. The first-order valence-corrected chi connectivity index (χ1v) is 6.76. The SMILES string of the molecule is COCCN(Cc1cc(N)cc(Br)c1)C1CC1. The number of halogens is 1. The highest BCUT2D eigenvalue weighted by Gasteiger charge is 2.28. The first-order chi connectivity index (χ1) is 8.19. The molecule has 0 bridgehead atoms. The molecule has 1 aromatic carbocycles. The Bertz CT molecular complexity index is 359. The molecule has 3 nitrogen and oxygen atoms in total. The molecule has 17 heavy (non-hydrogen) atoms. The highest BCUT2D eigenvalue weighted by Crippen LogP contribution is 2.29. The standard InChI is InChI=1S/C13H19BrN2O/c1-17-5-4-16(13-2-3-13)9-10-6-11(14)8-12(15)7-10/h6-8,13H,2-5,9,15H2,1H3. The molecule has 0 atom stereocenters. The van der Waals surface area contributed by atoms with Crippen molar-refractivity contribution in [1.29, 1.82) is 0 Å². The van der Waals surface area contributed by atoms with Crippen molar-refractivity contribution in [3.63, 3.8) is 0 Å². The van der Waals surface area contributed by atoms with E-state index in [-0.39, 0.29) is 0 Å². The van der Waals surface area contributed by atoms with Gasteiger partial charge in [-0.05, 0) is 36.6 Å². The summed E-state index contributed by atoms with van der Waals surface area (Å²) in [5, 5.41) is 0. The second-order valence-corrected chi connectivity index (χ2v) is 5.50. The molecule has 0 aromatic heterocycles. The highest BCUT2D eigenvalue weighted by molar-refractivity contribution is 9.10. The summed E-state index contributed by atoms with van der Waals surface area (Å²) in [6, 6.07) is 6.86. The summed E-state index contributed by atoms with van der Waals surface area (Å²) in [5.41, 5.74) is 7.93. The Labute approximate surface area is 111 Å². The number of anilines is 1. The lowest BCUT2D eigenvalue weighted by atomic mass is 10.2. The van der Waals surface area contributed by atoms with Gasteiger partial charge in [0.15, 0.2) is 0 Å². The van der Waals surface area contributed by atoms with Gasteiger partial charge < -0.3 is 10.5 Å². The Kier molecular flexibility index (Phi) is 4.42. The molecule has 1 saturated carbocycles. The highest BCUT2D eigenvalue weighted by atomic mass is 79.9. The van der Waals surface area contributed by atoms with Crippen LogP contribution >= 0.6 is 15.9 Å². The topological polar surface area (TPSA) is 38.5 Å². The van der Waals surface area contributed by atoms with Gasteiger partial charge >= 0.3 is 0 Å². The van der Waals surface area contributed by atoms with Crippen LogP contribution in [0.5, 0.6) is 0 Å². The molecule has 2 rings (SSSR count). The van der Waals surface area contributed by atoms with Gasteiger partial charge in [-0.3, -0.25) is 4.90 Å². The maximum atomic E-state index is 5.85. The quantitative estimate of drug-likeness (QED) is 0.821. The summed E-state index contributed by atoms with van der Waals surface area (Å²) in [5.74, 6) is 0. The lowest BCUT2D eigenvalue weighted by Gasteiger charge is -2.21. The number of benzene rings is 1. The van der Waals surface area contributed by atoms with Gasteiger partial charge in [-0.2, -0.15) is 0 Å². The van der Waals surface area contributed by atoms with Crippen LogP contribution in [0.2, 0.25) is 0 Å². The van der Waals surface area contributed by atoms with E-state index in [0.717, 1.165) is 35.9 Å². The molecule has 1 aliphatic rings. The van der Waals surface area contributed by atoms with Gasteiger partial charge in [-0.15, -0.1) is 0 Å². The van der Waals surface area contributed by atoms with Gasteiger partial charge in [0.2, 0.25) is 0 Å². The zero-order chi connectivity index (χ0) is 12.3. The minimum absolute atomic E-state index is 0.741. The van der Waals surface area contributed by atoms with Crippen molar-refractivity contribution in [3.05, 3.63) is 28.2 Å². The van der Waals surface area contributed by atoms with Gasteiger partial charge in [-0.1, -0.05) is 15.9 Å². The molecule has 0 spiro atoms. The first kappa shape index (κ1) is 12.9. The second kappa shape index (κ2) is 5.85. The first-order valence-electron chi connectivity index (χ1n) is 5.97. The van der Waals surface area contributed by atoms with Crippen LogP contribution in [0, 0.1) is 0 Å². The third-order valence-electron chi connectivity index (χ3n) is 3.01. The molecule has 0 amide bonds. The van der Waals surface area contributed by atoms with Crippen LogP contribution in [0.4, 0.5) is 5.69 Å². The maximum absolute atomic E-state index is 5.85. The molecule has 1 fully saturated rings. The molecule has 94 valence electrons. The van der Waals surface area contributed by atoms with Crippen LogP contribution < -0.4 is 5.73 Å². The van der Waals surface area contributed by atoms with Gasteiger partial charge in [-0.25, -0.2) is 0 Å². The van der Waals surface area contributed by atoms with Gasteiger partial charge in [0.25, 0.3) is 0 Å². The third kappa shape index (κ3) is 3.98. The average molecular weight is 299 g/mol. The van der Waals surface area contributed by atoms with E-state index in [2.05, 4.69) is 26.9 Å². The van der Waals surface area contributed by atoms with Crippen LogP contribution in [0.1, 0.15) is 18.4 Å². The average Bonchev–Trinajstić information content (AvgIpc) is 3.06. The van der Waals surface area contributed by atoms with Crippen molar-refractivity contribution in [1.82, 2.24) is 4.90 Å². The van der Waals surface area contributed by atoms with Gasteiger partial charge in [0, 0.05) is 36.4 Å². The Morgan fingerprint density at radius 3 is 2.76 bits per heavy atom. The van der Waals surface area contributed by atoms with E-state index in [4.69, 9.17) is 10.5 Å². The number of hydrogen-bond donors (Lipinski definition) is 1. The van der Waals surface area contributed by atoms with E-state index in [9.17, 15) is 0 Å². The molecular weight excluding hydrogens is 280 g/mol. The fourth-order valence-electron chi connectivity index (χ4n) is 2.04. The number of hydrogen-bond acceptors (Lipinski definition) is 3. The zero-order valence-electron chi connectivity index (χ0n) is 10.2. The minimum atomic E-state index is 0.741. The van der Waals surface area contributed by atoms with E-state index < -0.39 is 0 Å². The molecule has 0 heterocycles.